The number of aromatic nitrogens is 2. The molecule has 2 rings (SSSR count). The van der Waals surface area contributed by atoms with Crippen molar-refractivity contribution < 1.29 is 14.3 Å². The van der Waals surface area contributed by atoms with Crippen LogP contribution in [0.5, 0.6) is 0 Å². The first kappa shape index (κ1) is 18.9. The van der Waals surface area contributed by atoms with Crippen molar-refractivity contribution >= 4 is 22.8 Å². The molecule has 0 radical (unpaired) electrons. The minimum absolute atomic E-state index is 0.0380. The van der Waals surface area contributed by atoms with Crippen LogP contribution < -0.4 is 10.6 Å². The van der Waals surface area contributed by atoms with Gasteiger partial charge in [-0.3, -0.25) is 9.59 Å². The van der Waals surface area contributed by atoms with Crippen LogP contribution in [0, 0.1) is 0 Å². The first-order chi connectivity index (χ1) is 12.1. The third-order valence-corrected chi connectivity index (χ3v) is 3.83. The van der Waals surface area contributed by atoms with E-state index in [0.717, 1.165) is 29.7 Å². The number of para-hydroxylation sites is 2. The molecule has 25 heavy (non-hydrogen) atoms. The standard InChI is InChI=1S/C18H26N4O3/c1-14(23)19-10-5-9-17-21-15-7-3-4-8-16(15)22(17)13-18(24)20-11-6-12-25-2/h3-4,7-8H,5-6,9-13H2,1-2H3,(H,19,23)(H,20,24). The summed E-state index contributed by atoms with van der Waals surface area (Å²) in [6, 6.07) is 7.79. The summed E-state index contributed by atoms with van der Waals surface area (Å²) < 4.78 is 6.93. The number of hydrogen-bond donors (Lipinski definition) is 2. The van der Waals surface area contributed by atoms with Gasteiger partial charge in [0.2, 0.25) is 11.8 Å². The van der Waals surface area contributed by atoms with E-state index in [1.54, 1.807) is 7.11 Å². The molecule has 7 heteroatoms. The monoisotopic (exact) mass is 346 g/mol. The Balaban J connectivity index is 2.03. The van der Waals surface area contributed by atoms with E-state index >= 15 is 0 Å². The van der Waals surface area contributed by atoms with E-state index in [0.29, 0.717) is 26.1 Å². The number of amides is 2. The normalized spacial score (nSPS) is 10.8. The first-order valence-electron chi connectivity index (χ1n) is 8.56. The zero-order valence-corrected chi connectivity index (χ0v) is 14.9. The number of fused-ring (bicyclic) bond motifs is 1. The van der Waals surface area contributed by atoms with Gasteiger partial charge < -0.3 is 19.9 Å². The van der Waals surface area contributed by atoms with Crippen molar-refractivity contribution in [2.45, 2.75) is 32.7 Å². The predicted molar refractivity (Wildman–Crippen MR) is 96.2 cm³/mol. The van der Waals surface area contributed by atoms with Crippen LogP contribution in [0.1, 0.15) is 25.6 Å². The van der Waals surface area contributed by atoms with Crippen molar-refractivity contribution in [1.29, 1.82) is 0 Å². The van der Waals surface area contributed by atoms with E-state index in [-0.39, 0.29) is 18.4 Å². The summed E-state index contributed by atoms with van der Waals surface area (Å²) in [5.41, 5.74) is 1.83. The third-order valence-electron chi connectivity index (χ3n) is 3.83. The lowest BCUT2D eigenvalue weighted by Crippen LogP contribution is -2.29. The van der Waals surface area contributed by atoms with Crippen LogP contribution in [-0.4, -0.2) is 48.2 Å². The number of nitrogens with zero attached hydrogens (tertiary/aromatic N) is 2. The lowest BCUT2D eigenvalue weighted by molar-refractivity contribution is -0.121. The van der Waals surface area contributed by atoms with E-state index in [1.807, 2.05) is 28.8 Å². The number of carbonyl (C=O) groups is 2. The fraction of sp³-hybridized carbons (Fsp3) is 0.500. The van der Waals surface area contributed by atoms with Crippen molar-refractivity contribution in [3.63, 3.8) is 0 Å². The molecule has 0 aliphatic carbocycles. The molecular formula is C18H26N4O3. The second-order valence-electron chi connectivity index (χ2n) is 5.89. The van der Waals surface area contributed by atoms with Gasteiger partial charge in [0.05, 0.1) is 11.0 Å². The Morgan fingerprint density at radius 1 is 1.16 bits per heavy atom. The van der Waals surface area contributed by atoms with Crippen molar-refractivity contribution in [3.8, 4) is 0 Å². The Labute approximate surface area is 147 Å². The van der Waals surface area contributed by atoms with Gasteiger partial charge in [0.25, 0.3) is 0 Å². The lowest BCUT2D eigenvalue weighted by Gasteiger charge is -2.10. The van der Waals surface area contributed by atoms with Gasteiger partial charge in [-0.05, 0) is 25.0 Å². The Morgan fingerprint density at radius 3 is 2.68 bits per heavy atom. The number of carbonyl (C=O) groups excluding carboxylic acids is 2. The van der Waals surface area contributed by atoms with Gasteiger partial charge in [0, 0.05) is 40.2 Å². The maximum Gasteiger partial charge on any atom is 0.240 e. The van der Waals surface area contributed by atoms with Crippen molar-refractivity contribution in [1.82, 2.24) is 20.2 Å². The van der Waals surface area contributed by atoms with Gasteiger partial charge in [0.15, 0.2) is 0 Å². The first-order valence-corrected chi connectivity index (χ1v) is 8.56. The molecule has 1 aromatic carbocycles. The molecule has 0 saturated heterocycles. The number of ether oxygens (including phenoxy) is 1. The average Bonchev–Trinajstić information content (AvgIpc) is 2.93. The third kappa shape index (κ3) is 5.86. The fourth-order valence-electron chi connectivity index (χ4n) is 2.65. The number of nitrogens with one attached hydrogen (secondary N) is 2. The second kappa shape index (κ2) is 9.78. The summed E-state index contributed by atoms with van der Waals surface area (Å²) in [4.78, 5) is 27.8. The van der Waals surface area contributed by atoms with Gasteiger partial charge in [-0.2, -0.15) is 0 Å². The van der Waals surface area contributed by atoms with Crippen LogP contribution in [0.3, 0.4) is 0 Å². The van der Waals surface area contributed by atoms with E-state index in [2.05, 4.69) is 15.6 Å². The van der Waals surface area contributed by atoms with E-state index in [1.165, 1.54) is 6.92 Å². The molecule has 1 heterocycles. The highest BCUT2D eigenvalue weighted by atomic mass is 16.5. The summed E-state index contributed by atoms with van der Waals surface area (Å²) in [5, 5.41) is 5.69. The lowest BCUT2D eigenvalue weighted by atomic mass is 10.3. The number of hydrogen-bond acceptors (Lipinski definition) is 4. The molecule has 1 aromatic heterocycles. The number of rotatable bonds is 10. The summed E-state index contributed by atoms with van der Waals surface area (Å²) in [6.07, 6.45) is 2.26. The molecule has 0 atom stereocenters. The predicted octanol–water partition coefficient (Wildman–Crippen LogP) is 1.26. The Kier molecular flexibility index (Phi) is 7.40. The number of benzene rings is 1. The molecule has 0 unspecified atom stereocenters. The number of methoxy groups -OCH3 is 1. The highest BCUT2D eigenvalue weighted by Crippen LogP contribution is 2.17. The van der Waals surface area contributed by atoms with E-state index < -0.39 is 0 Å². The second-order valence-corrected chi connectivity index (χ2v) is 5.89. The van der Waals surface area contributed by atoms with Gasteiger partial charge in [0.1, 0.15) is 12.4 Å². The van der Waals surface area contributed by atoms with E-state index in [9.17, 15) is 9.59 Å². The van der Waals surface area contributed by atoms with Crippen LogP contribution in [0.2, 0.25) is 0 Å². The summed E-state index contributed by atoms with van der Waals surface area (Å²) in [6.45, 7) is 3.56. The number of aryl methyl sites for hydroxylation is 1. The van der Waals surface area contributed by atoms with Crippen LogP contribution in [-0.2, 0) is 27.3 Å². The maximum atomic E-state index is 12.2. The fourth-order valence-corrected chi connectivity index (χ4v) is 2.65. The van der Waals surface area contributed by atoms with Crippen LogP contribution in [0.25, 0.3) is 11.0 Å². The van der Waals surface area contributed by atoms with Gasteiger partial charge in [-0.1, -0.05) is 12.1 Å². The van der Waals surface area contributed by atoms with E-state index in [4.69, 9.17) is 4.74 Å². The molecule has 2 amide bonds. The van der Waals surface area contributed by atoms with Crippen LogP contribution in [0.15, 0.2) is 24.3 Å². The van der Waals surface area contributed by atoms with Crippen LogP contribution in [0.4, 0.5) is 0 Å². The molecule has 136 valence electrons. The van der Waals surface area contributed by atoms with Gasteiger partial charge >= 0.3 is 0 Å². The Morgan fingerprint density at radius 2 is 1.92 bits per heavy atom. The topological polar surface area (TPSA) is 85.2 Å². The minimum atomic E-state index is -0.0395. The van der Waals surface area contributed by atoms with Gasteiger partial charge in [-0.15, -0.1) is 0 Å². The number of imidazole rings is 1. The molecule has 7 nitrogen and oxygen atoms in total. The molecular weight excluding hydrogens is 320 g/mol. The molecule has 0 saturated carbocycles. The highest BCUT2D eigenvalue weighted by molar-refractivity contribution is 5.81. The molecule has 0 aliphatic rings. The average molecular weight is 346 g/mol. The summed E-state index contributed by atoms with van der Waals surface area (Å²) >= 11 is 0. The molecule has 0 fully saturated rings. The van der Waals surface area contributed by atoms with Crippen molar-refractivity contribution in [2.75, 3.05) is 26.8 Å². The molecule has 0 spiro atoms. The van der Waals surface area contributed by atoms with Crippen molar-refractivity contribution in [2.24, 2.45) is 0 Å². The quantitative estimate of drug-likeness (QED) is 0.634. The maximum absolute atomic E-state index is 12.2. The highest BCUT2D eigenvalue weighted by Gasteiger charge is 2.13. The summed E-state index contributed by atoms with van der Waals surface area (Å²) in [7, 11) is 1.65. The van der Waals surface area contributed by atoms with Crippen molar-refractivity contribution in [3.05, 3.63) is 30.1 Å². The smallest absolute Gasteiger partial charge is 0.240 e. The minimum Gasteiger partial charge on any atom is -0.385 e. The zero-order chi connectivity index (χ0) is 18.1. The molecule has 2 N–H and O–H groups in total. The molecule has 0 aliphatic heterocycles. The Bertz CT molecular complexity index is 711. The Hall–Kier alpha value is -2.41. The van der Waals surface area contributed by atoms with Gasteiger partial charge in [-0.25, -0.2) is 4.98 Å². The zero-order valence-electron chi connectivity index (χ0n) is 14.9. The summed E-state index contributed by atoms with van der Waals surface area (Å²) in [5.74, 6) is 0.782. The SMILES string of the molecule is COCCCNC(=O)Cn1c(CCCNC(C)=O)nc2ccccc21. The molecule has 2 aromatic rings. The largest absolute Gasteiger partial charge is 0.385 e. The van der Waals surface area contributed by atoms with Crippen LogP contribution >= 0.6 is 0 Å². The molecule has 0 bridgehead atoms.